The van der Waals surface area contributed by atoms with Crippen LogP contribution in [0.5, 0.6) is 0 Å². The molecule has 1 N–H and O–H groups in total. The molecule has 0 unspecified atom stereocenters. The average molecular weight is 386 g/mol. The zero-order chi connectivity index (χ0) is 18.9. The Bertz CT molecular complexity index is 803. The lowest BCUT2D eigenvalue weighted by atomic mass is 10.1. The van der Waals surface area contributed by atoms with E-state index in [1.165, 1.54) is 6.07 Å². The summed E-state index contributed by atoms with van der Waals surface area (Å²) in [6.07, 6.45) is -0.685. The van der Waals surface area contributed by atoms with Crippen LogP contribution >= 0.6 is 11.6 Å². The van der Waals surface area contributed by atoms with Crippen molar-refractivity contribution in [2.45, 2.75) is 25.1 Å². The minimum atomic E-state index is -4.57. The van der Waals surface area contributed by atoms with Crippen LogP contribution in [0.15, 0.2) is 36.5 Å². The average Bonchev–Trinajstić information content (AvgIpc) is 3.16. The Hall–Kier alpha value is -1.99. The molecule has 2 heterocycles. The summed E-state index contributed by atoms with van der Waals surface area (Å²) in [5.74, 6) is -0.346. The number of nitrogens with one attached hydrogen (secondary N) is 1. The van der Waals surface area contributed by atoms with Gasteiger partial charge in [0.2, 0.25) is 5.91 Å². The fraction of sp³-hybridized carbons (Fsp3) is 0.389. The van der Waals surface area contributed by atoms with E-state index in [0.29, 0.717) is 0 Å². The van der Waals surface area contributed by atoms with E-state index in [9.17, 15) is 18.0 Å². The van der Waals surface area contributed by atoms with Gasteiger partial charge in [0.05, 0.1) is 23.2 Å². The van der Waals surface area contributed by atoms with Gasteiger partial charge in [0.25, 0.3) is 0 Å². The first kappa shape index (κ1) is 18.8. The highest BCUT2D eigenvalue weighted by atomic mass is 35.5. The molecule has 1 aliphatic heterocycles. The van der Waals surface area contributed by atoms with Crippen molar-refractivity contribution in [3.63, 3.8) is 0 Å². The third kappa shape index (κ3) is 4.04. The predicted octanol–water partition coefficient (Wildman–Crippen LogP) is 4.47. The van der Waals surface area contributed by atoms with E-state index in [4.69, 9.17) is 11.6 Å². The molecule has 2 aromatic rings. The minimum absolute atomic E-state index is 0.0846. The summed E-state index contributed by atoms with van der Waals surface area (Å²) in [4.78, 5) is 14.4. The van der Waals surface area contributed by atoms with Gasteiger partial charge in [-0.2, -0.15) is 13.2 Å². The first-order valence-corrected chi connectivity index (χ1v) is 8.65. The molecule has 3 rings (SSSR count). The number of hydrogen-bond acceptors (Lipinski definition) is 2. The minimum Gasteiger partial charge on any atom is -0.353 e. The van der Waals surface area contributed by atoms with Crippen LogP contribution in [0.4, 0.5) is 18.9 Å². The second-order valence-electron chi connectivity index (χ2n) is 6.41. The van der Waals surface area contributed by atoms with Gasteiger partial charge >= 0.3 is 6.18 Å². The highest BCUT2D eigenvalue weighted by molar-refractivity contribution is 6.31. The molecule has 26 heavy (non-hydrogen) atoms. The van der Waals surface area contributed by atoms with E-state index in [1.807, 2.05) is 34.8 Å². The second kappa shape index (κ2) is 7.32. The van der Waals surface area contributed by atoms with Gasteiger partial charge in [-0.15, -0.1) is 0 Å². The smallest absolute Gasteiger partial charge is 0.353 e. The van der Waals surface area contributed by atoms with Gasteiger partial charge in [-0.05, 0) is 49.7 Å². The fourth-order valence-electron chi connectivity index (χ4n) is 3.38. The number of nitrogens with zero attached hydrogens (tertiary/aromatic N) is 2. The maximum atomic E-state index is 12.9. The maximum Gasteiger partial charge on any atom is 0.417 e. The molecule has 1 saturated heterocycles. The van der Waals surface area contributed by atoms with Crippen molar-refractivity contribution in [3.05, 3.63) is 52.8 Å². The van der Waals surface area contributed by atoms with E-state index in [2.05, 4.69) is 5.32 Å². The fourth-order valence-corrected chi connectivity index (χ4v) is 3.60. The molecule has 140 valence electrons. The molecule has 1 aliphatic rings. The molecule has 1 fully saturated rings. The summed E-state index contributed by atoms with van der Waals surface area (Å²) >= 11 is 5.60. The molecular weight excluding hydrogens is 367 g/mol. The predicted molar refractivity (Wildman–Crippen MR) is 94.0 cm³/mol. The molecule has 8 heteroatoms. The Labute approximate surface area is 154 Å². The lowest BCUT2D eigenvalue weighted by Crippen LogP contribution is -2.33. The normalized spacial score (nSPS) is 18.3. The molecule has 1 atom stereocenters. The molecular formula is C18H19ClF3N3O. The Morgan fingerprint density at radius 1 is 1.35 bits per heavy atom. The van der Waals surface area contributed by atoms with Gasteiger partial charge in [0.1, 0.15) is 0 Å². The maximum absolute atomic E-state index is 12.9. The van der Waals surface area contributed by atoms with Crippen LogP contribution in [0, 0.1) is 0 Å². The Morgan fingerprint density at radius 2 is 2.12 bits per heavy atom. The summed E-state index contributed by atoms with van der Waals surface area (Å²) in [6, 6.07) is 7.49. The van der Waals surface area contributed by atoms with Gasteiger partial charge in [0.15, 0.2) is 0 Å². The zero-order valence-electron chi connectivity index (χ0n) is 14.2. The lowest BCUT2D eigenvalue weighted by Gasteiger charge is -2.24. The molecule has 1 aromatic carbocycles. The quantitative estimate of drug-likeness (QED) is 0.843. The van der Waals surface area contributed by atoms with Crippen molar-refractivity contribution in [1.82, 2.24) is 9.47 Å². The van der Waals surface area contributed by atoms with E-state index < -0.39 is 11.7 Å². The van der Waals surface area contributed by atoms with Crippen molar-refractivity contribution < 1.29 is 18.0 Å². The van der Waals surface area contributed by atoms with Gasteiger partial charge in [0, 0.05) is 24.6 Å². The second-order valence-corrected chi connectivity index (χ2v) is 6.82. The largest absolute Gasteiger partial charge is 0.417 e. The summed E-state index contributed by atoms with van der Waals surface area (Å²) in [5.41, 5.74) is 0.252. The van der Waals surface area contributed by atoms with Crippen LogP contribution < -0.4 is 5.32 Å². The Kier molecular flexibility index (Phi) is 5.29. The van der Waals surface area contributed by atoms with Crippen molar-refractivity contribution in [3.8, 4) is 0 Å². The van der Waals surface area contributed by atoms with E-state index in [1.54, 1.807) is 0 Å². The van der Waals surface area contributed by atoms with Crippen LogP contribution in [-0.4, -0.2) is 28.5 Å². The third-order valence-electron chi connectivity index (χ3n) is 4.59. The van der Waals surface area contributed by atoms with E-state index in [0.717, 1.165) is 37.2 Å². The summed E-state index contributed by atoms with van der Waals surface area (Å²) in [7, 11) is 1.96. The topological polar surface area (TPSA) is 37.3 Å². The summed E-state index contributed by atoms with van der Waals surface area (Å²) in [5, 5.41) is 2.15. The van der Waals surface area contributed by atoms with Crippen LogP contribution in [-0.2, 0) is 18.0 Å². The van der Waals surface area contributed by atoms with Crippen LogP contribution in [0.1, 0.15) is 30.1 Å². The first-order valence-electron chi connectivity index (χ1n) is 8.27. The van der Waals surface area contributed by atoms with Crippen molar-refractivity contribution >= 4 is 23.2 Å². The summed E-state index contributed by atoms with van der Waals surface area (Å²) < 4.78 is 40.8. The number of halogens is 4. The number of anilines is 1. The zero-order valence-corrected chi connectivity index (χ0v) is 14.9. The number of rotatable bonds is 4. The standard InChI is InChI=1S/C18H19ClF3N3O/c1-24-8-2-4-15(24)16-5-3-9-25(16)11-17(26)23-12-6-7-14(19)13(10-12)18(20,21)22/h2,4,6-8,10,16H,3,5,9,11H2,1H3,(H,23,26)/t16-/m1/s1. The monoisotopic (exact) mass is 385 g/mol. The molecule has 0 saturated carbocycles. The molecule has 1 amide bonds. The molecule has 0 bridgehead atoms. The number of carbonyl (C=O) groups excluding carboxylic acids is 1. The van der Waals surface area contributed by atoms with Gasteiger partial charge in [-0.25, -0.2) is 0 Å². The molecule has 0 aliphatic carbocycles. The Balaban J connectivity index is 1.68. The molecule has 4 nitrogen and oxygen atoms in total. The number of aryl methyl sites for hydroxylation is 1. The molecule has 1 aromatic heterocycles. The number of aromatic nitrogens is 1. The SMILES string of the molecule is Cn1cccc1[C@H]1CCCN1CC(=O)Nc1ccc(Cl)c(C(F)(F)F)c1. The lowest BCUT2D eigenvalue weighted by molar-refractivity contribution is -0.137. The van der Waals surface area contributed by atoms with Crippen LogP contribution in [0.2, 0.25) is 5.02 Å². The van der Waals surface area contributed by atoms with Crippen molar-refractivity contribution in [1.29, 1.82) is 0 Å². The number of amides is 1. The number of benzene rings is 1. The molecule has 0 radical (unpaired) electrons. The third-order valence-corrected chi connectivity index (χ3v) is 4.92. The van der Waals surface area contributed by atoms with Gasteiger partial charge < -0.3 is 9.88 Å². The van der Waals surface area contributed by atoms with E-state index >= 15 is 0 Å². The van der Waals surface area contributed by atoms with Crippen molar-refractivity contribution in [2.24, 2.45) is 7.05 Å². The van der Waals surface area contributed by atoms with Gasteiger partial charge in [-0.3, -0.25) is 9.69 Å². The van der Waals surface area contributed by atoms with Gasteiger partial charge in [-0.1, -0.05) is 11.6 Å². The van der Waals surface area contributed by atoms with E-state index in [-0.39, 0.29) is 29.2 Å². The number of carbonyl (C=O) groups is 1. The highest BCUT2D eigenvalue weighted by Gasteiger charge is 2.34. The number of alkyl halides is 3. The first-order chi connectivity index (χ1) is 12.3. The van der Waals surface area contributed by atoms with Crippen LogP contribution in [0.3, 0.4) is 0 Å². The number of likely N-dealkylation sites (tertiary alicyclic amines) is 1. The highest BCUT2D eigenvalue weighted by Crippen LogP contribution is 2.36. The van der Waals surface area contributed by atoms with Crippen molar-refractivity contribution in [2.75, 3.05) is 18.4 Å². The number of hydrogen-bond donors (Lipinski definition) is 1. The Morgan fingerprint density at radius 3 is 2.77 bits per heavy atom. The summed E-state index contributed by atoms with van der Waals surface area (Å²) in [6.45, 7) is 0.900. The molecule has 0 spiro atoms. The van der Waals surface area contributed by atoms with Crippen LogP contribution in [0.25, 0.3) is 0 Å².